The van der Waals surface area contributed by atoms with Gasteiger partial charge in [-0.1, -0.05) is 18.2 Å². The molecule has 0 radical (unpaired) electrons. The van der Waals surface area contributed by atoms with E-state index in [9.17, 15) is 4.79 Å². The van der Waals surface area contributed by atoms with Crippen LogP contribution in [-0.4, -0.2) is 24.2 Å². The summed E-state index contributed by atoms with van der Waals surface area (Å²) in [5.74, 6) is 0.0242. The Morgan fingerprint density at radius 1 is 1.36 bits per heavy atom. The van der Waals surface area contributed by atoms with Gasteiger partial charge in [0.1, 0.15) is 12.2 Å². The van der Waals surface area contributed by atoms with Crippen LogP contribution in [0.3, 0.4) is 0 Å². The number of fused-ring (bicyclic) bond motifs is 1. The van der Waals surface area contributed by atoms with Crippen LogP contribution < -0.4 is 22.4 Å². The van der Waals surface area contributed by atoms with E-state index in [0.717, 1.165) is 5.39 Å². The second-order valence-corrected chi connectivity index (χ2v) is 4.77. The lowest BCUT2D eigenvalue weighted by Gasteiger charge is -2.10. The Bertz CT molecular complexity index is 753. The molecule has 0 amide bonds. The summed E-state index contributed by atoms with van der Waals surface area (Å²) in [5, 5.41) is 3.88. The summed E-state index contributed by atoms with van der Waals surface area (Å²) < 4.78 is 10.5. The first-order valence-corrected chi connectivity index (χ1v) is 6.95. The van der Waals surface area contributed by atoms with Crippen molar-refractivity contribution in [1.82, 2.24) is 5.32 Å². The van der Waals surface area contributed by atoms with Crippen molar-refractivity contribution < 1.29 is 9.15 Å². The molecule has 0 unspecified atom stereocenters. The van der Waals surface area contributed by atoms with E-state index in [1.807, 2.05) is 12.1 Å². The van der Waals surface area contributed by atoms with Crippen molar-refractivity contribution in [1.29, 1.82) is 0 Å². The summed E-state index contributed by atoms with van der Waals surface area (Å²) >= 11 is 5.04. The normalized spacial score (nSPS) is 10.2. The average molecular weight is 320 g/mol. The Kier molecular flexibility index (Phi) is 5.31. The second-order valence-electron chi connectivity index (χ2n) is 4.40. The molecule has 0 aliphatic heterocycles. The highest BCUT2D eigenvalue weighted by atomic mass is 32.1. The molecule has 0 aliphatic carbocycles. The summed E-state index contributed by atoms with van der Waals surface area (Å²) in [6, 6.07) is 8.63. The van der Waals surface area contributed by atoms with Gasteiger partial charge in [0.25, 0.3) is 5.17 Å². The minimum atomic E-state index is -0.427. The maximum absolute atomic E-state index is 11.5. The van der Waals surface area contributed by atoms with Gasteiger partial charge in [-0.3, -0.25) is 4.99 Å². The van der Waals surface area contributed by atoms with Gasteiger partial charge in [-0.2, -0.15) is 0 Å². The molecule has 5 N–H and O–H groups in total. The van der Waals surface area contributed by atoms with Gasteiger partial charge in [0, 0.05) is 23.6 Å². The van der Waals surface area contributed by atoms with Gasteiger partial charge in [-0.05, 0) is 18.3 Å². The summed E-state index contributed by atoms with van der Waals surface area (Å²) in [4.78, 5) is 15.3. The zero-order chi connectivity index (χ0) is 15.9. The van der Waals surface area contributed by atoms with Gasteiger partial charge in [0.2, 0.25) is 0 Å². The first-order chi connectivity index (χ1) is 10.6. The molecule has 2 rings (SSSR count). The first kappa shape index (κ1) is 15.8. The van der Waals surface area contributed by atoms with Crippen LogP contribution in [0.15, 0.2) is 44.5 Å². The molecule has 22 heavy (non-hydrogen) atoms. The average Bonchev–Trinajstić information content (AvgIpc) is 2.48. The lowest BCUT2D eigenvalue weighted by molar-refractivity contribution is 0.287. The van der Waals surface area contributed by atoms with Crippen LogP contribution in [0.2, 0.25) is 0 Å². The molecule has 2 aromatic rings. The van der Waals surface area contributed by atoms with Crippen LogP contribution >= 0.6 is 12.2 Å². The van der Waals surface area contributed by atoms with E-state index >= 15 is 0 Å². The molecule has 0 aliphatic rings. The summed E-state index contributed by atoms with van der Waals surface area (Å²) in [6.45, 7) is 1.01. The van der Waals surface area contributed by atoms with E-state index in [0.29, 0.717) is 24.2 Å². The fourth-order valence-corrected chi connectivity index (χ4v) is 2.00. The van der Waals surface area contributed by atoms with Gasteiger partial charge in [-0.15, -0.1) is 0 Å². The molecule has 8 heteroatoms. The third-order valence-electron chi connectivity index (χ3n) is 2.77. The predicted octanol–water partition coefficient (Wildman–Crippen LogP) is 0.458. The fraction of sp³-hybridized carbons (Fsp3) is 0.214. The second kappa shape index (κ2) is 7.41. The first-order valence-electron chi connectivity index (χ1n) is 6.54. The number of benzene rings is 1. The Labute approximate surface area is 132 Å². The van der Waals surface area contributed by atoms with E-state index in [1.165, 1.54) is 6.07 Å². The molecule has 1 heterocycles. The molecule has 0 bridgehead atoms. The summed E-state index contributed by atoms with van der Waals surface area (Å²) in [5.41, 5.74) is 11.2. The third kappa shape index (κ3) is 4.45. The van der Waals surface area contributed by atoms with E-state index < -0.39 is 5.63 Å². The summed E-state index contributed by atoms with van der Waals surface area (Å²) in [7, 11) is 0. The van der Waals surface area contributed by atoms with Crippen molar-refractivity contribution >= 4 is 34.3 Å². The number of rotatable bonds is 5. The van der Waals surface area contributed by atoms with Crippen LogP contribution in [0.25, 0.3) is 11.0 Å². The van der Waals surface area contributed by atoms with Crippen LogP contribution in [0.5, 0.6) is 0 Å². The van der Waals surface area contributed by atoms with Gasteiger partial charge in [0.15, 0.2) is 5.96 Å². The number of hydrogen-bond acceptors (Lipinski definition) is 5. The van der Waals surface area contributed by atoms with Gasteiger partial charge in [0.05, 0.1) is 6.54 Å². The number of thiocarbonyl (C=S) groups is 1. The van der Waals surface area contributed by atoms with Crippen LogP contribution in [0.4, 0.5) is 0 Å². The van der Waals surface area contributed by atoms with Gasteiger partial charge >= 0.3 is 5.63 Å². The van der Waals surface area contributed by atoms with E-state index in [-0.39, 0.29) is 17.7 Å². The number of aliphatic imine (C=N–C) groups is 1. The largest absolute Gasteiger partial charge is 0.466 e. The molecule has 116 valence electrons. The SMILES string of the molecule is NC(N)=NCCNC(=S)OCc1cc(=O)oc2ccccc12. The molecule has 0 saturated heterocycles. The molecule has 0 fully saturated rings. The molecule has 0 atom stereocenters. The topological polar surface area (TPSA) is 116 Å². The quantitative estimate of drug-likeness (QED) is 0.241. The maximum atomic E-state index is 11.5. The number of nitrogens with two attached hydrogens (primary N) is 2. The zero-order valence-electron chi connectivity index (χ0n) is 11.7. The van der Waals surface area contributed by atoms with Crippen LogP contribution in [0, 0.1) is 0 Å². The standard InChI is InChI=1S/C14H16N4O3S/c15-13(16)17-5-6-18-14(22)20-8-9-7-12(19)21-11-4-2-1-3-10(9)11/h1-4,7H,5-6,8H2,(H,18,22)(H4,15,16,17). The fourth-order valence-electron chi connectivity index (χ4n) is 1.84. The molecular weight excluding hydrogens is 304 g/mol. The Hall–Kier alpha value is -2.61. The molecule has 0 spiro atoms. The van der Waals surface area contributed by atoms with Crippen LogP contribution in [0.1, 0.15) is 5.56 Å². The van der Waals surface area contributed by atoms with Crippen molar-refractivity contribution in [2.24, 2.45) is 16.5 Å². The highest BCUT2D eigenvalue weighted by molar-refractivity contribution is 7.80. The monoisotopic (exact) mass is 320 g/mol. The molecule has 1 aromatic heterocycles. The van der Waals surface area contributed by atoms with Gasteiger partial charge < -0.3 is 25.9 Å². The lowest BCUT2D eigenvalue weighted by atomic mass is 10.1. The number of guanidine groups is 1. The van der Waals surface area contributed by atoms with Crippen molar-refractivity contribution in [3.05, 3.63) is 46.3 Å². The molecule has 1 aromatic carbocycles. The van der Waals surface area contributed by atoms with E-state index in [2.05, 4.69) is 10.3 Å². The number of hydrogen-bond donors (Lipinski definition) is 3. The van der Waals surface area contributed by atoms with E-state index in [1.54, 1.807) is 12.1 Å². The Morgan fingerprint density at radius 3 is 2.91 bits per heavy atom. The summed E-state index contributed by atoms with van der Waals surface area (Å²) in [6.07, 6.45) is 0. The molecular formula is C14H16N4O3S. The van der Waals surface area contributed by atoms with Crippen molar-refractivity contribution in [3.8, 4) is 0 Å². The predicted molar refractivity (Wildman–Crippen MR) is 88.6 cm³/mol. The van der Waals surface area contributed by atoms with Crippen molar-refractivity contribution in [2.75, 3.05) is 13.1 Å². The third-order valence-corrected chi connectivity index (χ3v) is 3.03. The lowest BCUT2D eigenvalue weighted by Crippen LogP contribution is -2.29. The van der Waals surface area contributed by atoms with Gasteiger partial charge in [-0.25, -0.2) is 4.79 Å². The molecule has 7 nitrogen and oxygen atoms in total. The van der Waals surface area contributed by atoms with Crippen LogP contribution in [-0.2, 0) is 11.3 Å². The number of nitrogens with one attached hydrogen (secondary N) is 1. The van der Waals surface area contributed by atoms with E-state index in [4.69, 9.17) is 32.8 Å². The minimum Gasteiger partial charge on any atom is -0.466 e. The maximum Gasteiger partial charge on any atom is 0.336 e. The smallest absolute Gasteiger partial charge is 0.336 e. The zero-order valence-corrected chi connectivity index (χ0v) is 12.6. The van der Waals surface area contributed by atoms with Crippen molar-refractivity contribution in [2.45, 2.75) is 6.61 Å². The molecule has 0 saturated carbocycles. The number of nitrogens with zero attached hydrogens (tertiary/aromatic N) is 1. The highest BCUT2D eigenvalue weighted by Crippen LogP contribution is 2.17. The number of para-hydroxylation sites is 1. The number of ether oxygens (including phenoxy) is 1. The Morgan fingerprint density at radius 2 is 2.14 bits per heavy atom. The Balaban J connectivity index is 1.96. The van der Waals surface area contributed by atoms with Crippen molar-refractivity contribution in [3.63, 3.8) is 0 Å². The highest BCUT2D eigenvalue weighted by Gasteiger charge is 2.06. The minimum absolute atomic E-state index is 0.0242.